The van der Waals surface area contributed by atoms with Crippen LogP contribution in [0.5, 0.6) is 0 Å². The van der Waals surface area contributed by atoms with Crippen LogP contribution in [-0.2, 0) is 4.74 Å². The Kier molecular flexibility index (Phi) is 6.31. The van der Waals surface area contributed by atoms with E-state index in [0.717, 1.165) is 41.1 Å². The number of hydrogen-bond donors (Lipinski definition) is 1. The standard InChI is InChI=1S/C27H28N2O3S/c1-18(2)19-9-11-20(12-10-19)25(29-13-15-31-16-14-29)26-24(21-6-3-4-7-22(21)32-26)28-27(30)23-8-5-17-33-23/h3-12,17-18,25H,13-16H2,1-2H3,(H,28,30). The van der Waals surface area contributed by atoms with Crippen molar-refractivity contribution >= 4 is 33.9 Å². The SMILES string of the molecule is CC(C)c1ccc(C(c2oc3ccccc3c2NC(=O)c2cccs2)N2CCOCC2)cc1. The summed E-state index contributed by atoms with van der Waals surface area (Å²) in [6, 6.07) is 20.3. The Morgan fingerprint density at radius 3 is 2.39 bits per heavy atom. The molecule has 1 fully saturated rings. The van der Waals surface area contributed by atoms with Gasteiger partial charge in [-0.05, 0) is 40.6 Å². The van der Waals surface area contributed by atoms with E-state index in [1.165, 1.54) is 16.9 Å². The maximum atomic E-state index is 13.0. The molecule has 3 heterocycles. The summed E-state index contributed by atoms with van der Waals surface area (Å²) >= 11 is 1.43. The summed E-state index contributed by atoms with van der Waals surface area (Å²) in [6.45, 7) is 7.35. The predicted molar refractivity (Wildman–Crippen MR) is 133 cm³/mol. The average molecular weight is 461 g/mol. The second kappa shape index (κ2) is 9.51. The molecule has 0 aliphatic carbocycles. The summed E-state index contributed by atoms with van der Waals surface area (Å²) in [4.78, 5) is 16.1. The van der Waals surface area contributed by atoms with Gasteiger partial charge in [-0.25, -0.2) is 0 Å². The van der Waals surface area contributed by atoms with Crippen molar-refractivity contribution in [2.45, 2.75) is 25.8 Å². The minimum absolute atomic E-state index is 0.117. The van der Waals surface area contributed by atoms with Crippen molar-refractivity contribution in [1.82, 2.24) is 4.90 Å². The van der Waals surface area contributed by atoms with E-state index >= 15 is 0 Å². The van der Waals surface area contributed by atoms with Gasteiger partial charge in [0, 0.05) is 18.5 Å². The highest BCUT2D eigenvalue weighted by molar-refractivity contribution is 7.12. The molecule has 170 valence electrons. The molecule has 6 heteroatoms. The Hall–Kier alpha value is -2.93. The molecule has 4 aromatic rings. The summed E-state index contributed by atoms with van der Waals surface area (Å²) in [5.41, 5.74) is 3.96. The van der Waals surface area contributed by atoms with E-state index in [1.54, 1.807) is 0 Å². The molecule has 5 nitrogen and oxygen atoms in total. The van der Waals surface area contributed by atoms with Gasteiger partial charge in [0.1, 0.15) is 11.3 Å². The number of amides is 1. The molecule has 2 aromatic carbocycles. The second-order valence-corrected chi connectivity index (χ2v) is 9.59. The average Bonchev–Trinajstić information content (AvgIpc) is 3.50. The van der Waals surface area contributed by atoms with Gasteiger partial charge in [0.15, 0.2) is 0 Å². The molecule has 1 aliphatic heterocycles. The van der Waals surface area contributed by atoms with Crippen LogP contribution in [0.4, 0.5) is 5.69 Å². The van der Waals surface area contributed by atoms with Gasteiger partial charge in [-0.15, -0.1) is 11.3 Å². The topological polar surface area (TPSA) is 54.7 Å². The molecule has 0 radical (unpaired) electrons. The van der Waals surface area contributed by atoms with E-state index in [9.17, 15) is 4.79 Å². The maximum absolute atomic E-state index is 13.0. The third-order valence-electron chi connectivity index (χ3n) is 6.18. The minimum atomic E-state index is -0.124. The molecule has 33 heavy (non-hydrogen) atoms. The number of rotatable bonds is 6. The van der Waals surface area contributed by atoms with E-state index in [2.05, 4.69) is 48.3 Å². The van der Waals surface area contributed by atoms with E-state index < -0.39 is 0 Å². The highest BCUT2D eigenvalue weighted by Gasteiger charge is 2.31. The number of thiophene rings is 1. The van der Waals surface area contributed by atoms with Crippen molar-refractivity contribution in [1.29, 1.82) is 0 Å². The van der Waals surface area contributed by atoms with Crippen LogP contribution in [0, 0.1) is 0 Å². The number of ether oxygens (including phenoxy) is 1. The van der Waals surface area contributed by atoms with E-state index in [4.69, 9.17) is 9.15 Å². The van der Waals surface area contributed by atoms with Crippen LogP contribution >= 0.6 is 11.3 Å². The third-order valence-corrected chi connectivity index (χ3v) is 7.05. The Balaban J connectivity index is 1.62. The number of para-hydroxylation sites is 1. The van der Waals surface area contributed by atoms with Crippen molar-refractivity contribution < 1.29 is 13.9 Å². The monoisotopic (exact) mass is 460 g/mol. The largest absolute Gasteiger partial charge is 0.457 e. The van der Waals surface area contributed by atoms with Crippen molar-refractivity contribution in [3.63, 3.8) is 0 Å². The second-order valence-electron chi connectivity index (χ2n) is 8.64. The molecular formula is C27H28N2O3S. The van der Waals surface area contributed by atoms with Gasteiger partial charge >= 0.3 is 0 Å². The summed E-state index contributed by atoms with van der Waals surface area (Å²) in [7, 11) is 0. The van der Waals surface area contributed by atoms with E-state index in [-0.39, 0.29) is 11.9 Å². The molecule has 1 unspecified atom stereocenters. The van der Waals surface area contributed by atoms with E-state index in [1.807, 2.05) is 41.8 Å². The zero-order chi connectivity index (χ0) is 22.8. The lowest BCUT2D eigenvalue weighted by molar-refractivity contribution is 0.0206. The first-order valence-corrected chi connectivity index (χ1v) is 12.3. The van der Waals surface area contributed by atoms with Crippen LogP contribution in [-0.4, -0.2) is 37.1 Å². The Morgan fingerprint density at radius 1 is 0.970 bits per heavy atom. The van der Waals surface area contributed by atoms with Gasteiger partial charge in [-0.1, -0.05) is 56.3 Å². The molecule has 1 N–H and O–H groups in total. The van der Waals surface area contributed by atoms with Gasteiger partial charge in [0.25, 0.3) is 5.91 Å². The van der Waals surface area contributed by atoms with Gasteiger partial charge < -0.3 is 14.5 Å². The molecule has 1 saturated heterocycles. The molecular weight excluding hydrogens is 432 g/mol. The fourth-order valence-electron chi connectivity index (χ4n) is 4.40. The number of carbonyl (C=O) groups is 1. The third kappa shape index (κ3) is 4.47. The van der Waals surface area contributed by atoms with Crippen LogP contribution < -0.4 is 5.32 Å². The lowest BCUT2D eigenvalue weighted by Gasteiger charge is -2.34. The van der Waals surface area contributed by atoms with Crippen LogP contribution in [0.3, 0.4) is 0 Å². The predicted octanol–water partition coefficient (Wildman–Crippen LogP) is 6.29. The first-order valence-electron chi connectivity index (χ1n) is 11.4. The van der Waals surface area contributed by atoms with Crippen molar-refractivity contribution in [2.24, 2.45) is 0 Å². The number of nitrogens with one attached hydrogen (secondary N) is 1. The number of furan rings is 1. The molecule has 0 saturated carbocycles. The van der Waals surface area contributed by atoms with Crippen LogP contribution in [0.15, 0.2) is 70.5 Å². The Labute approximate surface area is 198 Å². The zero-order valence-corrected chi connectivity index (χ0v) is 19.7. The molecule has 5 rings (SSSR count). The molecule has 1 aliphatic rings. The summed E-state index contributed by atoms with van der Waals surface area (Å²) in [5.74, 6) is 1.11. The zero-order valence-electron chi connectivity index (χ0n) is 18.9. The van der Waals surface area contributed by atoms with Gasteiger partial charge in [-0.3, -0.25) is 9.69 Å². The minimum Gasteiger partial charge on any atom is -0.457 e. The number of morpholine rings is 1. The molecule has 0 bridgehead atoms. The molecule has 1 amide bonds. The first-order chi connectivity index (χ1) is 16.1. The number of anilines is 1. The summed E-state index contributed by atoms with van der Waals surface area (Å²) in [6.07, 6.45) is 0. The van der Waals surface area contributed by atoms with E-state index in [0.29, 0.717) is 24.0 Å². The van der Waals surface area contributed by atoms with Gasteiger partial charge in [0.05, 0.1) is 29.8 Å². The molecule has 0 spiro atoms. The molecule has 1 atom stereocenters. The number of benzene rings is 2. The normalized spacial score (nSPS) is 15.7. The Bertz CT molecular complexity index is 1220. The molecule has 2 aromatic heterocycles. The highest BCUT2D eigenvalue weighted by Crippen LogP contribution is 2.41. The van der Waals surface area contributed by atoms with Crippen molar-refractivity contribution in [3.8, 4) is 0 Å². The summed E-state index contributed by atoms with van der Waals surface area (Å²) < 4.78 is 12.1. The van der Waals surface area contributed by atoms with Crippen molar-refractivity contribution in [2.75, 3.05) is 31.6 Å². The quantitative estimate of drug-likeness (QED) is 0.367. The number of carbonyl (C=O) groups excluding carboxylic acids is 1. The fraction of sp³-hybridized carbons (Fsp3) is 0.296. The Morgan fingerprint density at radius 2 is 1.70 bits per heavy atom. The van der Waals surface area contributed by atoms with Crippen LogP contribution in [0.2, 0.25) is 0 Å². The number of fused-ring (bicyclic) bond motifs is 1. The van der Waals surface area contributed by atoms with Crippen LogP contribution in [0.1, 0.15) is 52.4 Å². The lowest BCUT2D eigenvalue weighted by atomic mass is 9.96. The van der Waals surface area contributed by atoms with Crippen molar-refractivity contribution in [3.05, 3.63) is 87.8 Å². The van der Waals surface area contributed by atoms with Gasteiger partial charge in [-0.2, -0.15) is 0 Å². The maximum Gasteiger partial charge on any atom is 0.265 e. The lowest BCUT2D eigenvalue weighted by Crippen LogP contribution is -2.39. The number of nitrogens with zero attached hydrogens (tertiary/aromatic N) is 1. The van der Waals surface area contributed by atoms with Gasteiger partial charge in [0.2, 0.25) is 0 Å². The number of hydrogen-bond acceptors (Lipinski definition) is 5. The first kappa shape index (κ1) is 21.9. The summed E-state index contributed by atoms with van der Waals surface area (Å²) in [5, 5.41) is 6.00. The smallest absolute Gasteiger partial charge is 0.265 e. The van der Waals surface area contributed by atoms with Crippen LogP contribution in [0.25, 0.3) is 11.0 Å². The fourth-order valence-corrected chi connectivity index (χ4v) is 5.01. The highest BCUT2D eigenvalue weighted by atomic mass is 32.1.